The van der Waals surface area contributed by atoms with E-state index in [1.54, 1.807) is 7.11 Å². The van der Waals surface area contributed by atoms with E-state index < -0.39 is 5.92 Å². The van der Waals surface area contributed by atoms with Crippen LogP contribution in [-0.2, 0) is 4.79 Å². The Balaban J connectivity index is 2.22. The van der Waals surface area contributed by atoms with Gasteiger partial charge in [-0.3, -0.25) is 9.59 Å². The molecule has 6 nitrogen and oxygen atoms in total. The van der Waals surface area contributed by atoms with Crippen LogP contribution in [0.1, 0.15) is 23.5 Å². The Kier molecular flexibility index (Phi) is 4.45. The molecular weight excluding hydrogens is 382 g/mol. The maximum Gasteiger partial charge on any atom is 0.257 e. The number of hydrogen-bond acceptors (Lipinski definition) is 5. The van der Waals surface area contributed by atoms with Crippen LogP contribution in [0.2, 0.25) is 0 Å². The molecule has 0 fully saturated rings. The largest absolute Gasteiger partial charge is 0.496 e. The van der Waals surface area contributed by atoms with E-state index >= 15 is 0 Å². The van der Waals surface area contributed by atoms with Crippen molar-refractivity contribution in [3.8, 4) is 5.75 Å². The van der Waals surface area contributed by atoms with Crippen LogP contribution in [0.3, 0.4) is 0 Å². The van der Waals surface area contributed by atoms with Gasteiger partial charge in [0.25, 0.3) is 5.56 Å². The van der Waals surface area contributed by atoms with Crippen LogP contribution in [0.4, 0.5) is 5.82 Å². The number of nitrogens with one attached hydrogen (secondary N) is 2. The van der Waals surface area contributed by atoms with Crippen LogP contribution in [0.5, 0.6) is 5.75 Å². The first kappa shape index (κ1) is 16.1. The fraction of sp³-hybridized carbons (Fsp3) is 0.267. The predicted octanol–water partition coefficient (Wildman–Crippen LogP) is 2.74. The number of benzene rings is 1. The molecule has 0 radical (unpaired) electrons. The third-order valence-electron chi connectivity index (χ3n) is 3.69. The second-order valence-electron chi connectivity index (χ2n) is 5.03. The number of H-pyrrole nitrogens is 1. The molecule has 2 N–H and O–H groups in total. The summed E-state index contributed by atoms with van der Waals surface area (Å²) < 4.78 is 6.25. The monoisotopic (exact) mass is 395 g/mol. The molecule has 1 aromatic heterocycles. The summed E-state index contributed by atoms with van der Waals surface area (Å²) in [6, 6.07) is 5.53. The van der Waals surface area contributed by atoms with Gasteiger partial charge in [-0.05, 0) is 24.5 Å². The van der Waals surface area contributed by atoms with Crippen molar-refractivity contribution in [2.75, 3.05) is 18.7 Å². The zero-order valence-electron chi connectivity index (χ0n) is 12.5. The fourth-order valence-electron chi connectivity index (χ4n) is 2.69. The maximum atomic E-state index is 12.5. The third kappa shape index (κ3) is 3.00. The summed E-state index contributed by atoms with van der Waals surface area (Å²) in [5.74, 6) is 0.376. The van der Waals surface area contributed by atoms with Gasteiger partial charge in [0.2, 0.25) is 5.91 Å². The van der Waals surface area contributed by atoms with Crippen molar-refractivity contribution in [2.24, 2.45) is 0 Å². The van der Waals surface area contributed by atoms with Crippen molar-refractivity contribution in [3.05, 3.63) is 44.2 Å². The number of nitrogens with zero attached hydrogens (tertiary/aromatic N) is 1. The first-order valence-corrected chi connectivity index (χ1v) is 8.86. The molecule has 3 rings (SSSR count). The predicted molar refractivity (Wildman–Crippen MR) is 92.4 cm³/mol. The number of fused-ring (bicyclic) bond motifs is 1. The van der Waals surface area contributed by atoms with Crippen molar-refractivity contribution in [1.82, 2.24) is 9.97 Å². The zero-order chi connectivity index (χ0) is 16.6. The average molecular weight is 396 g/mol. The van der Waals surface area contributed by atoms with E-state index in [1.807, 2.05) is 24.5 Å². The summed E-state index contributed by atoms with van der Waals surface area (Å²) in [7, 11) is 1.57. The molecule has 1 atom stereocenters. The number of aromatic amines is 1. The Bertz CT molecular complexity index is 837. The van der Waals surface area contributed by atoms with Gasteiger partial charge in [0.05, 0.1) is 12.7 Å². The van der Waals surface area contributed by atoms with E-state index in [-0.39, 0.29) is 17.9 Å². The van der Waals surface area contributed by atoms with Crippen LogP contribution in [0.15, 0.2) is 32.6 Å². The molecule has 2 aromatic rings. The number of aromatic nitrogens is 2. The van der Waals surface area contributed by atoms with Crippen LogP contribution >= 0.6 is 27.7 Å². The lowest BCUT2D eigenvalue weighted by molar-refractivity contribution is -0.116. The first-order chi connectivity index (χ1) is 11.0. The first-order valence-electron chi connectivity index (χ1n) is 6.85. The number of carbonyl (C=O) groups is 1. The molecule has 8 heteroatoms. The van der Waals surface area contributed by atoms with Crippen molar-refractivity contribution >= 4 is 39.4 Å². The molecule has 1 aromatic carbocycles. The number of carbonyl (C=O) groups excluding carboxylic acids is 1. The molecule has 1 aliphatic rings. The SMILES string of the molecule is COc1ccc(Br)cc1[C@@H]1CC(=O)Nc2nc(SC)[nH]c(=O)c21. The average Bonchev–Trinajstić information content (AvgIpc) is 2.53. The quantitative estimate of drug-likeness (QED) is 0.616. The molecule has 0 bridgehead atoms. The van der Waals surface area contributed by atoms with Gasteiger partial charge < -0.3 is 15.0 Å². The zero-order valence-corrected chi connectivity index (χ0v) is 14.9. The summed E-state index contributed by atoms with van der Waals surface area (Å²) in [4.78, 5) is 31.7. The van der Waals surface area contributed by atoms with Crippen LogP contribution in [0, 0.1) is 0 Å². The van der Waals surface area contributed by atoms with Crippen LogP contribution in [-0.4, -0.2) is 29.2 Å². The highest BCUT2D eigenvalue weighted by molar-refractivity contribution is 9.10. The molecular formula is C15H14BrN3O3S. The van der Waals surface area contributed by atoms with E-state index in [2.05, 4.69) is 31.2 Å². The smallest absolute Gasteiger partial charge is 0.257 e. The second-order valence-corrected chi connectivity index (χ2v) is 6.74. The van der Waals surface area contributed by atoms with Crippen LogP contribution < -0.4 is 15.6 Å². The van der Waals surface area contributed by atoms with Gasteiger partial charge in [-0.15, -0.1) is 0 Å². The highest BCUT2D eigenvalue weighted by Gasteiger charge is 2.32. The van der Waals surface area contributed by atoms with E-state index in [4.69, 9.17) is 4.74 Å². The molecule has 0 unspecified atom stereocenters. The molecule has 2 heterocycles. The molecule has 0 spiro atoms. The second kappa shape index (κ2) is 6.37. The van der Waals surface area contributed by atoms with E-state index in [1.165, 1.54) is 11.8 Å². The van der Waals surface area contributed by atoms with Gasteiger partial charge in [-0.2, -0.15) is 0 Å². The lowest BCUT2D eigenvalue weighted by Crippen LogP contribution is -2.31. The number of ether oxygens (including phenoxy) is 1. The summed E-state index contributed by atoms with van der Waals surface area (Å²) in [6.07, 6.45) is 1.98. The van der Waals surface area contributed by atoms with Crippen LogP contribution in [0.25, 0.3) is 0 Å². The number of halogens is 1. The van der Waals surface area contributed by atoms with Crippen molar-refractivity contribution in [2.45, 2.75) is 17.5 Å². The lowest BCUT2D eigenvalue weighted by Gasteiger charge is -2.25. The Morgan fingerprint density at radius 3 is 2.87 bits per heavy atom. The molecule has 0 saturated heterocycles. The number of amides is 1. The number of hydrogen-bond donors (Lipinski definition) is 2. The molecule has 0 saturated carbocycles. The number of methoxy groups -OCH3 is 1. The Morgan fingerprint density at radius 1 is 1.39 bits per heavy atom. The normalized spacial score (nSPS) is 16.7. The fourth-order valence-corrected chi connectivity index (χ4v) is 3.45. The van der Waals surface area contributed by atoms with Gasteiger partial charge in [0.1, 0.15) is 11.6 Å². The highest BCUT2D eigenvalue weighted by atomic mass is 79.9. The summed E-state index contributed by atoms with van der Waals surface area (Å²) in [5.41, 5.74) is 0.993. The van der Waals surface area contributed by atoms with E-state index in [0.717, 1.165) is 10.0 Å². The minimum Gasteiger partial charge on any atom is -0.496 e. The van der Waals surface area contributed by atoms with Crippen molar-refractivity contribution < 1.29 is 9.53 Å². The Morgan fingerprint density at radius 2 is 2.17 bits per heavy atom. The molecule has 1 amide bonds. The highest BCUT2D eigenvalue weighted by Crippen LogP contribution is 2.39. The Hall–Kier alpha value is -1.80. The summed E-state index contributed by atoms with van der Waals surface area (Å²) in [6.45, 7) is 0. The summed E-state index contributed by atoms with van der Waals surface area (Å²) in [5, 5.41) is 3.16. The topological polar surface area (TPSA) is 84.1 Å². The van der Waals surface area contributed by atoms with Gasteiger partial charge in [0.15, 0.2) is 5.16 Å². The molecule has 120 valence electrons. The standard InChI is InChI=1S/C15H14BrN3O3S/c1-22-10-4-3-7(16)5-8(10)9-6-11(20)17-13-12(9)14(21)19-15(18-13)23-2/h3-5,9H,6H2,1-2H3,(H2,17,18,19,20,21)/t9-/m0/s1. The molecule has 23 heavy (non-hydrogen) atoms. The lowest BCUT2D eigenvalue weighted by atomic mass is 9.86. The van der Waals surface area contributed by atoms with Gasteiger partial charge in [-0.25, -0.2) is 4.98 Å². The molecule has 0 aliphatic carbocycles. The van der Waals surface area contributed by atoms with E-state index in [9.17, 15) is 9.59 Å². The number of thioether (sulfide) groups is 1. The molecule has 1 aliphatic heterocycles. The van der Waals surface area contributed by atoms with Crippen molar-refractivity contribution in [1.29, 1.82) is 0 Å². The maximum absolute atomic E-state index is 12.5. The van der Waals surface area contributed by atoms with Gasteiger partial charge >= 0.3 is 0 Å². The third-order valence-corrected chi connectivity index (χ3v) is 4.76. The number of rotatable bonds is 3. The minimum atomic E-state index is -0.404. The van der Waals surface area contributed by atoms with Crippen molar-refractivity contribution in [3.63, 3.8) is 0 Å². The number of anilines is 1. The Labute approximate surface area is 145 Å². The van der Waals surface area contributed by atoms with E-state index in [0.29, 0.717) is 22.3 Å². The van der Waals surface area contributed by atoms with Gasteiger partial charge in [-0.1, -0.05) is 27.7 Å². The summed E-state index contributed by atoms with van der Waals surface area (Å²) >= 11 is 4.74. The van der Waals surface area contributed by atoms with Gasteiger partial charge in [0, 0.05) is 22.4 Å². The minimum absolute atomic E-state index is 0.170.